The number of amides is 2. The number of benzene rings is 1. The number of aryl methyl sites for hydroxylation is 1. The molecule has 1 aliphatic rings. The zero-order valence-electron chi connectivity index (χ0n) is 14.7. The Kier molecular flexibility index (Phi) is 5.78. The van der Waals surface area contributed by atoms with Gasteiger partial charge >= 0.3 is 0 Å². The Morgan fingerprint density at radius 1 is 1.23 bits per heavy atom. The Morgan fingerprint density at radius 3 is 2.58 bits per heavy atom. The second-order valence-corrected chi connectivity index (χ2v) is 7.47. The van der Waals surface area contributed by atoms with Crippen molar-refractivity contribution in [3.8, 4) is 5.75 Å². The first-order valence-corrected chi connectivity index (χ1v) is 9.58. The van der Waals surface area contributed by atoms with Gasteiger partial charge in [0.1, 0.15) is 23.1 Å². The summed E-state index contributed by atoms with van der Waals surface area (Å²) in [5.74, 6) is 0.663. The van der Waals surface area contributed by atoms with E-state index in [4.69, 9.17) is 16.3 Å². The van der Waals surface area contributed by atoms with Gasteiger partial charge < -0.3 is 14.5 Å². The third-order valence-electron chi connectivity index (χ3n) is 4.27. The van der Waals surface area contributed by atoms with E-state index in [1.165, 1.54) is 11.3 Å². The highest BCUT2D eigenvalue weighted by atomic mass is 35.5. The summed E-state index contributed by atoms with van der Waals surface area (Å²) in [5.41, 5.74) is 1.38. The van der Waals surface area contributed by atoms with Gasteiger partial charge in [-0.3, -0.25) is 9.59 Å². The van der Waals surface area contributed by atoms with Gasteiger partial charge in [-0.25, -0.2) is 4.98 Å². The van der Waals surface area contributed by atoms with Crippen molar-refractivity contribution in [2.24, 2.45) is 0 Å². The van der Waals surface area contributed by atoms with E-state index in [1.807, 2.05) is 19.1 Å². The van der Waals surface area contributed by atoms with Crippen molar-refractivity contribution in [1.29, 1.82) is 0 Å². The van der Waals surface area contributed by atoms with Crippen LogP contribution in [0.5, 0.6) is 5.75 Å². The molecule has 1 saturated heterocycles. The number of ether oxygens (including phenoxy) is 1. The van der Waals surface area contributed by atoms with Gasteiger partial charge in [0.05, 0.1) is 0 Å². The standard InChI is InChI=1S/C18H20ClN3O3S/c1-12-9-14(3-4-15(12)19)25-10-17-20-16(11-26-17)18(24)22-7-5-21(6-8-22)13(2)23/h3-4,9,11H,5-8,10H2,1-2H3. The molecule has 0 spiro atoms. The topological polar surface area (TPSA) is 62.7 Å². The van der Waals surface area contributed by atoms with Crippen molar-refractivity contribution >= 4 is 34.8 Å². The van der Waals surface area contributed by atoms with E-state index < -0.39 is 0 Å². The normalized spacial score (nSPS) is 14.4. The monoisotopic (exact) mass is 393 g/mol. The van der Waals surface area contributed by atoms with Crippen molar-refractivity contribution < 1.29 is 14.3 Å². The van der Waals surface area contributed by atoms with E-state index in [-0.39, 0.29) is 11.8 Å². The van der Waals surface area contributed by atoms with Crippen LogP contribution in [-0.2, 0) is 11.4 Å². The van der Waals surface area contributed by atoms with Crippen LogP contribution in [0.4, 0.5) is 0 Å². The molecule has 26 heavy (non-hydrogen) atoms. The molecular weight excluding hydrogens is 374 g/mol. The average molecular weight is 394 g/mol. The Balaban J connectivity index is 1.56. The molecule has 1 aliphatic heterocycles. The lowest BCUT2D eigenvalue weighted by atomic mass is 10.2. The third kappa shape index (κ3) is 4.34. The third-order valence-corrected chi connectivity index (χ3v) is 5.52. The molecule has 2 heterocycles. The van der Waals surface area contributed by atoms with E-state index in [0.717, 1.165) is 16.3 Å². The number of piperazine rings is 1. The maximum absolute atomic E-state index is 12.6. The Bertz CT molecular complexity index is 816. The first kappa shape index (κ1) is 18.7. The lowest BCUT2D eigenvalue weighted by Gasteiger charge is -2.33. The molecular formula is C18H20ClN3O3S. The van der Waals surface area contributed by atoms with Crippen molar-refractivity contribution in [2.45, 2.75) is 20.5 Å². The lowest BCUT2D eigenvalue weighted by molar-refractivity contribution is -0.130. The van der Waals surface area contributed by atoms with Gasteiger partial charge in [0, 0.05) is 43.5 Å². The number of thiazole rings is 1. The maximum atomic E-state index is 12.6. The van der Waals surface area contributed by atoms with Crippen molar-refractivity contribution in [3.63, 3.8) is 0 Å². The minimum Gasteiger partial charge on any atom is -0.486 e. The molecule has 1 fully saturated rings. The summed E-state index contributed by atoms with van der Waals surface area (Å²) in [6.07, 6.45) is 0. The number of hydrogen-bond acceptors (Lipinski definition) is 5. The summed E-state index contributed by atoms with van der Waals surface area (Å²) in [6, 6.07) is 5.48. The Morgan fingerprint density at radius 2 is 1.92 bits per heavy atom. The highest BCUT2D eigenvalue weighted by molar-refractivity contribution is 7.09. The van der Waals surface area contributed by atoms with Crippen molar-refractivity contribution in [3.05, 3.63) is 44.9 Å². The van der Waals surface area contributed by atoms with Crippen LogP contribution in [0.15, 0.2) is 23.6 Å². The highest BCUT2D eigenvalue weighted by Crippen LogP contribution is 2.22. The molecule has 0 saturated carbocycles. The van der Waals surface area contributed by atoms with Crippen LogP contribution in [0.1, 0.15) is 28.0 Å². The number of halogens is 1. The van der Waals surface area contributed by atoms with Crippen LogP contribution in [0.25, 0.3) is 0 Å². The minimum absolute atomic E-state index is 0.0441. The van der Waals surface area contributed by atoms with Crippen molar-refractivity contribution in [2.75, 3.05) is 26.2 Å². The fourth-order valence-corrected chi connectivity index (χ4v) is 3.51. The van der Waals surface area contributed by atoms with Gasteiger partial charge in [0.15, 0.2) is 0 Å². The van der Waals surface area contributed by atoms with Gasteiger partial charge in [0.25, 0.3) is 5.91 Å². The van der Waals surface area contributed by atoms with Crippen LogP contribution >= 0.6 is 22.9 Å². The predicted molar refractivity (Wildman–Crippen MR) is 101 cm³/mol. The van der Waals surface area contributed by atoms with E-state index in [1.54, 1.807) is 28.2 Å². The molecule has 2 amide bonds. The van der Waals surface area contributed by atoms with Gasteiger partial charge in [-0.05, 0) is 30.7 Å². The van der Waals surface area contributed by atoms with Crippen LogP contribution < -0.4 is 4.74 Å². The average Bonchev–Trinajstić information content (AvgIpc) is 3.11. The second-order valence-electron chi connectivity index (χ2n) is 6.12. The van der Waals surface area contributed by atoms with E-state index in [0.29, 0.717) is 43.5 Å². The number of carbonyl (C=O) groups is 2. The summed E-state index contributed by atoms with van der Waals surface area (Å²) in [4.78, 5) is 31.8. The van der Waals surface area contributed by atoms with E-state index in [2.05, 4.69) is 4.98 Å². The highest BCUT2D eigenvalue weighted by Gasteiger charge is 2.24. The Labute approximate surface area is 161 Å². The number of carbonyl (C=O) groups excluding carboxylic acids is 2. The van der Waals surface area contributed by atoms with Gasteiger partial charge in [-0.1, -0.05) is 11.6 Å². The quantitative estimate of drug-likeness (QED) is 0.801. The molecule has 6 nitrogen and oxygen atoms in total. The molecule has 8 heteroatoms. The van der Waals surface area contributed by atoms with E-state index >= 15 is 0 Å². The van der Waals surface area contributed by atoms with Crippen LogP contribution in [0, 0.1) is 6.92 Å². The largest absolute Gasteiger partial charge is 0.486 e. The summed E-state index contributed by atoms with van der Waals surface area (Å²) in [6.45, 7) is 5.97. The summed E-state index contributed by atoms with van der Waals surface area (Å²) in [5, 5.41) is 3.19. The minimum atomic E-state index is -0.0990. The summed E-state index contributed by atoms with van der Waals surface area (Å²) >= 11 is 7.41. The summed E-state index contributed by atoms with van der Waals surface area (Å²) < 4.78 is 5.73. The molecule has 0 N–H and O–H groups in total. The first-order valence-electron chi connectivity index (χ1n) is 8.32. The molecule has 0 unspecified atom stereocenters. The summed E-state index contributed by atoms with van der Waals surface area (Å²) in [7, 11) is 0. The van der Waals surface area contributed by atoms with Gasteiger partial charge in [-0.2, -0.15) is 0 Å². The molecule has 0 aliphatic carbocycles. The molecule has 0 bridgehead atoms. The fraction of sp³-hybridized carbons (Fsp3) is 0.389. The first-order chi connectivity index (χ1) is 12.4. The van der Waals surface area contributed by atoms with Crippen LogP contribution in [0.3, 0.4) is 0 Å². The van der Waals surface area contributed by atoms with Crippen LogP contribution in [-0.4, -0.2) is 52.8 Å². The molecule has 1 aromatic heterocycles. The zero-order valence-corrected chi connectivity index (χ0v) is 16.3. The lowest BCUT2D eigenvalue weighted by Crippen LogP contribution is -2.50. The molecule has 3 rings (SSSR count). The molecule has 0 atom stereocenters. The van der Waals surface area contributed by atoms with Crippen molar-refractivity contribution in [1.82, 2.24) is 14.8 Å². The number of nitrogens with zero attached hydrogens (tertiary/aromatic N) is 3. The molecule has 1 aromatic carbocycles. The zero-order chi connectivity index (χ0) is 18.7. The number of aromatic nitrogens is 1. The van der Waals surface area contributed by atoms with E-state index in [9.17, 15) is 9.59 Å². The molecule has 0 radical (unpaired) electrons. The SMILES string of the molecule is CC(=O)N1CCN(C(=O)c2csc(COc3ccc(Cl)c(C)c3)n2)CC1. The second kappa shape index (κ2) is 8.05. The predicted octanol–water partition coefficient (Wildman–Crippen LogP) is 2.99. The number of hydrogen-bond donors (Lipinski definition) is 0. The molecule has 2 aromatic rings. The number of rotatable bonds is 4. The Hall–Kier alpha value is -2.12. The van der Waals surface area contributed by atoms with Crippen LogP contribution in [0.2, 0.25) is 5.02 Å². The maximum Gasteiger partial charge on any atom is 0.273 e. The smallest absolute Gasteiger partial charge is 0.273 e. The molecule has 138 valence electrons. The fourth-order valence-electron chi connectivity index (χ4n) is 2.71. The van der Waals surface area contributed by atoms with Gasteiger partial charge in [-0.15, -0.1) is 11.3 Å². The van der Waals surface area contributed by atoms with Gasteiger partial charge in [0.2, 0.25) is 5.91 Å².